The molecular weight excluding hydrogens is 368 g/mol. The van der Waals surface area contributed by atoms with Crippen LogP contribution in [0.4, 0.5) is 0 Å². The fraction of sp³-hybridized carbons (Fsp3) is 0.0435. The molecule has 0 aliphatic carbocycles. The minimum Gasteiger partial charge on any atom is -0.452 e. The zero-order valence-electron chi connectivity index (χ0n) is 15.3. The maximum absolute atomic E-state index is 12.8. The molecular formula is C23H16N2O4. The fourth-order valence-corrected chi connectivity index (χ4v) is 2.83. The lowest BCUT2D eigenvalue weighted by Gasteiger charge is -2.08. The highest BCUT2D eigenvalue weighted by Gasteiger charge is 2.20. The van der Waals surface area contributed by atoms with Crippen molar-refractivity contribution in [2.24, 2.45) is 0 Å². The van der Waals surface area contributed by atoms with Crippen LogP contribution in [0.2, 0.25) is 0 Å². The minimum absolute atomic E-state index is 0.170. The number of hydrogen-bond acceptors (Lipinski definition) is 6. The van der Waals surface area contributed by atoms with Gasteiger partial charge in [0.25, 0.3) is 5.89 Å². The van der Waals surface area contributed by atoms with E-state index >= 15 is 0 Å². The van der Waals surface area contributed by atoms with Gasteiger partial charge in [0.15, 0.2) is 12.4 Å². The van der Waals surface area contributed by atoms with Gasteiger partial charge in [-0.05, 0) is 6.07 Å². The van der Waals surface area contributed by atoms with Crippen molar-refractivity contribution in [3.63, 3.8) is 0 Å². The Morgan fingerprint density at radius 1 is 0.793 bits per heavy atom. The normalized spacial score (nSPS) is 10.5. The van der Waals surface area contributed by atoms with Crippen molar-refractivity contribution in [3.8, 4) is 11.4 Å². The monoisotopic (exact) mass is 384 g/mol. The van der Waals surface area contributed by atoms with Crippen molar-refractivity contribution < 1.29 is 18.8 Å². The number of ketones is 1. The van der Waals surface area contributed by atoms with Gasteiger partial charge >= 0.3 is 5.97 Å². The number of carbonyl (C=O) groups is 2. The zero-order valence-corrected chi connectivity index (χ0v) is 15.3. The van der Waals surface area contributed by atoms with Crippen LogP contribution in [-0.2, 0) is 11.3 Å². The first-order valence-corrected chi connectivity index (χ1v) is 8.96. The molecule has 4 rings (SSSR count). The number of nitrogens with zero attached hydrogens (tertiary/aromatic N) is 2. The lowest BCUT2D eigenvalue weighted by molar-refractivity contribution is 0.0427. The molecule has 0 unspecified atom stereocenters. The molecule has 4 aromatic rings. The van der Waals surface area contributed by atoms with E-state index in [1.165, 1.54) is 0 Å². The van der Waals surface area contributed by atoms with E-state index < -0.39 is 5.97 Å². The quantitative estimate of drug-likeness (QED) is 0.364. The van der Waals surface area contributed by atoms with Crippen LogP contribution in [-0.4, -0.2) is 21.9 Å². The van der Waals surface area contributed by atoms with E-state index in [4.69, 9.17) is 9.26 Å². The second kappa shape index (κ2) is 8.31. The predicted octanol–water partition coefficient (Wildman–Crippen LogP) is 4.32. The second-order valence-electron chi connectivity index (χ2n) is 6.19. The fourth-order valence-electron chi connectivity index (χ4n) is 2.83. The molecule has 0 spiro atoms. The Kier molecular flexibility index (Phi) is 5.25. The van der Waals surface area contributed by atoms with Crippen molar-refractivity contribution in [2.75, 3.05) is 0 Å². The Hall–Kier alpha value is -4.06. The molecule has 3 aromatic carbocycles. The van der Waals surface area contributed by atoms with Crippen LogP contribution in [0.15, 0.2) is 89.5 Å². The average molecular weight is 384 g/mol. The largest absolute Gasteiger partial charge is 0.452 e. The summed E-state index contributed by atoms with van der Waals surface area (Å²) in [5.74, 6) is -0.299. The first kappa shape index (κ1) is 18.3. The van der Waals surface area contributed by atoms with Crippen LogP contribution >= 0.6 is 0 Å². The Morgan fingerprint density at radius 2 is 1.41 bits per heavy atom. The lowest BCUT2D eigenvalue weighted by Crippen LogP contribution is -2.12. The van der Waals surface area contributed by atoms with Gasteiger partial charge < -0.3 is 9.26 Å². The minimum atomic E-state index is -0.635. The molecule has 6 heteroatoms. The Labute approximate surface area is 166 Å². The highest BCUT2D eigenvalue weighted by Crippen LogP contribution is 2.18. The van der Waals surface area contributed by atoms with E-state index in [9.17, 15) is 9.59 Å². The SMILES string of the molecule is O=C(OCc1nc(-c2ccccc2)no1)c1ccccc1C(=O)c1ccccc1. The maximum Gasteiger partial charge on any atom is 0.339 e. The van der Waals surface area contributed by atoms with Gasteiger partial charge in [-0.2, -0.15) is 4.98 Å². The van der Waals surface area contributed by atoms with Gasteiger partial charge in [0.2, 0.25) is 5.82 Å². The smallest absolute Gasteiger partial charge is 0.339 e. The molecule has 0 N–H and O–H groups in total. The van der Waals surface area contributed by atoms with Crippen LogP contribution in [0.3, 0.4) is 0 Å². The summed E-state index contributed by atoms with van der Waals surface area (Å²) in [5, 5.41) is 3.89. The third-order valence-electron chi connectivity index (χ3n) is 4.25. The highest BCUT2D eigenvalue weighted by molar-refractivity contribution is 6.14. The molecule has 6 nitrogen and oxygen atoms in total. The third kappa shape index (κ3) is 4.11. The summed E-state index contributed by atoms with van der Waals surface area (Å²) in [6.45, 7) is -0.188. The molecule has 0 fully saturated rings. The van der Waals surface area contributed by atoms with Crippen LogP contribution in [0.5, 0.6) is 0 Å². The summed E-state index contributed by atoms with van der Waals surface area (Å²) in [4.78, 5) is 29.6. The van der Waals surface area contributed by atoms with Gasteiger partial charge in [-0.1, -0.05) is 84.0 Å². The molecule has 0 amide bonds. The standard InChI is InChI=1S/C23H16N2O4/c26-21(16-9-3-1-4-10-16)18-13-7-8-14-19(18)23(27)28-15-20-24-22(25-29-20)17-11-5-2-6-12-17/h1-14H,15H2. The third-order valence-corrected chi connectivity index (χ3v) is 4.25. The van der Waals surface area contributed by atoms with Gasteiger partial charge in [0.05, 0.1) is 5.56 Å². The number of ether oxygens (including phenoxy) is 1. The summed E-state index contributed by atoms with van der Waals surface area (Å²) in [7, 11) is 0. The van der Waals surface area contributed by atoms with Crippen LogP contribution < -0.4 is 0 Å². The molecule has 0 radical (unpaired) electrons. The van der Waals surface area contributed by atoms with Gasteiger partial charge in [-0.25, -0.2) is 4.79 Å². The second-order valence-corrected chi connectivity index (χ2v) is 6.19. The molecule has 1 aromatic heterocycles. The maximum atomic E-state index is 12.8. The number of rotatable bonds is 6. The van der Waals surface area contributed by atoms with Crippen molar-refractivity contribution >= 4 is 11.8 Å². The van der Waals surface area contributed by atoms with E-state index in [1.54, 1.807) is 48.5 Å². The molecule has 29 heavy (non-hydrogen) atoms. The first-order valence-electron chi connectivity index (χ1n) is 8.96. The van der Waals surface area contributed by atoms with Gasteiger partial charge in [-0.3, -0.25) is 4.79 Å². The number of hydrogen-bond donors (Lipinski definition) is 0. The Balaban J connectivity index is 1.49. The zero-order chi connectivity index (χ0) is 20.1. The molecule has 0 atom stereocenters. The number of carbonyl (C=O) groups excluding carboxylic acids is 2. The highest BCUT2D eigenvalue weighted by atomic mass is 16.6. The van der Waals surface area contributed by atoms with E-state index in [0.29, 0.717) is 11.4 Å². The van der Waals surface area contributed by atoms with E-state index in [0.717, 1.165) is 5.56 Å². The predicted molar refractivity (Wildman–Crippen MR) is 105 cm³/mol. The summed E-state index contributed by atoms with van der Waals surface area (Å²) in [5.41, 5.74) is 1.76. The molecule has 1 heterocycles. The van der Waals surface area contributed by atoms with Gasteiger partial charge in [0.1, 0.15) is 0 Å². The summed E-state index contributed by atoms with van der Waals surface area (Å²) >= 11 is 0. The van der Waals surface area contributed by atoms with Gasteiger partial charge in [-0.15, -0.1) is 0 Å². The van der Waals surface area contributed by atoms with Crippen molar-refractivity contribution in [1.29, 1.82) is 0 Å². The Bertz CT molecular complexity index is 1140. The van der Waals surface area contributed by atoms with Crippen LogP contribution in [0, 0.1) is 0 Å². The van der Waals surface area contributed by atoms with Crippen LogP contribution in [0.25, 0.3) is 11.4 Å². The number of benzene rings is 3. The van der Waals surface area contributed by atoms with Crippen molar-refractivity contribution in [2.45, 2.75) is 6.61 Å². The molecule has 0 saturated heterocycles. The van der Waals surface area contributed by atoms with E-state index in [-0.39, 0.29) is 29.4 Å². The average Bonchev–Trinajstić information content (AvgIpc) is 3.27. The summed E-state index contributed by atoms with van der Waals surface area (Å²) < 4.78 is 10.4. The Morgan fingerprint density at radius 3 is 2.14 bits per heavy atom. The lowest BCUT2D eigenvalue weighted by atomic mass is 9.98. The van der Waals surface area contributed by atoms with Crippen LogP contribution in [0.1, 0.15) is 32.2 Å². The topological polar surface area (TPSA) is 82.3 Å². The molecule has 0 aliphatic rings. The molecule has 142 valence electrons. The van der Waals surface area contributed by atoms with Gasteiger partial charge in [0, 0.05) is 16.7 Å². The molecule has 0 saturated carbocycles. The summed E-state index contributed by atoms with van der Waals surface area (Å²) in [6, 6.07) is 24.6. The first-order chi connectivity index (χ1) is 14.2. The molecule has 0 bridgehead atoms. The van der Waals surface area contributed by atoms with Crippen molar-refractivity contribution in [3.05, 3.63) is 108 Å². The summed E-state index contributed by atoms with van der Waals surface area (Å²) in [6.07, 6.45) is 0. The van der Waals surface area contributed by atoms with E-state index in [2.05, 4.69) is 10.1 Å². The van der Waals surface area contributed by atoms with Crippen molar-refractivity contribution in [1.82, 2.24) is 10.1 Å². The van der Waals surface area contributed by atoms with E-state index in [1.807, 2.05) is 36.4 Å². The number of esters is 1. The number of aromatic nitrogens is 2. The molecule has 0 aliphatic heterocycles.